The molecule has 0 aliphatic carbocycles. The van der Waals surface area contributed by atoms with Gasteiger partial charge < -0.3 is 4.74 Å². The average Bonchev–Trinajstić information content (AvgIpc) is 2.57. The van der Waals surface area contributed by atoms with Crippen LogP contribution in [0.4, 0.5) is 0 Å². The molecule has 0 N–H and O–H groups in total. The Bertz CT molecular complexity index is 390. The van der Waals surface area contributed by atoms with Crippen LogP contribution in [0.3, 0.4) is 0 Å². The van der Waals surface area contributed by atoms with Gasteiger partial charge in [-0.15, -0.1) is 0 Å². The number of hydrogen-bond acceptors (Lipinski definition) is 2. The summed E-state index contributed by atoms with van der Waals surface area (Å²) in [5, 5.41) is 1.12. The topological polar surface area (TPSA) is 21.6 Å². The van der Waals surface area contributed by atoms with Crippen LogP contribution in [0.2, 0.25) is 10.0 Å². The van der Waals surface area contributed by atoms with Gasteiger partial charge in [0.1, 0.15) is 12.6 Å². The van der Waals surface area contributed by atoms with Crippen molar-refractivity contribution in [3.05, 3.63) is 33.8 Å². The fraction of sp³-hybridized carbons (Fsp3) is 0.300. The highest BCUT2D eigenvalue weighted by Gasteiger charge is 2.18. The molecule has 1 heterocycles. The molecular formula is C10H9Cl2NO. The SMILES string of the molecule is CC1=N[C@H](c2ccc(Cl)c(Cl)c2)CO1. The highest BCUT2D eigenvalue weighted by Crippen LogP contribution is 2.29. The number of ether oxygens (including phenoxy) is 1. The maximum absolute atomic E-state index is 5.91. The van der Waals surface area contributed by atoms with E-state index in [1.54, 1.807) is 6.07 Å². The van der Waals surface area contributed by atoms with Crippen molar-refractivity contribution in [2.45, 2.75) is 13.0 Å². The molecule has 0 spiro atoms. The van der Waals surface area contributed by atoms with Crippen LogP contribution in [0.5, 0.6) is 0 Å². The molecule has 1 atom stereocenters. The zero-order valence-electron chi connectivity index (χ0n) is 7.63. The maximum atomic E-state index is 5.91. The minimum Gasteiger partial charge on any atom is -0.479 e. The summed E-state index contributed by atoms with van der Waals surface area (Å²) in [6.45, 7) is 2.43. The molecule has 0 fully saturated rings. The van der Waals surface area contributed by atoms with Gasteiger partial charge >= 0.3 is 0 Å². The maximum Gasteiger partial charge on any atom is 0.180 e. The lowest BCUT2D eigenvalue weighted by molar-refractivity contribution is 0.317. The second-order valence-electron chi connectivity index (χ2n) is 3.15. The van der Waals surface area contributed by atoms with Crippen LogP contribution < -0.4 is 0 Å². The fourth-order valence-corrected chi connectivity index (χ4v) is 1.69. The molecule has 1 aromatic rings. The van der Waals surface area contributed by atoms with Crippen molar-refractivity contribution in [2.24, 2.45) is 4.99 Å². The zero-order chi connectivity index (χ0) is 10.1. The van der Waals surface area contributed by atoms with Gasteiger partial charge in [-0.05, 0) is 17.7 Å². The van der Waals surface area contributed by atoms with Crippen LogP contribution in [0.25, 0.3) is 0 Å². The molecule has 4 heteroatoms. The van der Waals surface area contributed by atoms with Crippen molar-refractivity contribution in [1.29, 1.82) is 0 Å². The molecule has 74 valence electrons. The van der Waals surface area contributed by atoms with E-state index >= 15 is 0 Å². The predicted molar refractivity (Wildman–Crippen MR) is 58.3 cm³/mol. The summed E-state index contributed by atoms with van der Waals surface area (Å²) in [5.74, 6) is 0.723. The van der Waals surface area contributed by atoms with Crippen LogP contribution >= 0.6 is 23.2 Å². The van der Waals surface area contributed by atoms with E-state index in [0.717, 1.165) is 11.5 Å². The number of rotatable bonds is 1. The normalized spacial score (nSPS) is 20.5. The molecule has 1 aliphatic heterocycles. The van der Waals surface area contributed by atoms with E-state index < -0.39 is 0 Å². The standard InChI is InChI=1S/C10H9Cl2NO/c1-6-13-10(5-14-6)7-2-3-8(11)9(12)4-7/h2-4,10H,5H2,1H3/t10-/m0/s1. The quantitative estimate of drug-likeness (QED) is 0.723. The Kier molecular flexibility index (Phi) is 2.66. The summed E-state index contributed by atoms with van der Waals surface area (Å²) in [4.78, 5) is 4.32. The highest BCUT2D eigenvalue weighted by molar-refractivity contribution is 6.42. The predicted octanol–water partition coefficient (Wildman–Crippen LogP) is 3.48. The van der Waals surface area contributed by atoms with E-state index in [2.05, 4.69) is 4.99 Å². The van der Waals surface area contributed by atoms with Gasteiger partial charge in [-0.2, -0.15) is 0 Å². The average molecular weight is 230 g/mol. The first kappa shape index (κ1) is 9.81. The van der Waals surface area contributed by atoms with Crippen molar-refractivity contribution in [3.63, 3.8) is 0 Å². The van der Waals surface area contributed by atoms with E-state index in [1.165, 1.54) is 0 Å². The third kappa shape index (κ3) is 1.86. The molecule has 0 saturated carbocycles. The molecule has 2 nitrogen and oxygen atoms in total. The number of hydrogen-bond donors (Lipinski definition) is 0. The van der Waals surface area contributed by atoms with Gasteiger partial charge in [0, 0.05) is 6.92 Å². The summed E-state index contributed by atoms with van der Waals surface area (Å²) < 4.78 is 5.26. The fourth-order valence-electron chi connectivity index (χ4n) is 1.38. The van der Waals surface area contributed by atoms with E-state index in [-0.39, 0.29) is 6.04 Å². The Labute approximate surface area is 92.5 Å². The molecule has 0 amide bonds. The Morgan fingerprint density at radius 2 is 2.14 bits per heavy atom. The van der Waals surface area contributed by atoms with Crippen LogP contribution in [0.15, 0.2) is 23.2 Å². The minimum absolute atomic E-state index is 0.0600. The minimum atomic E-state index is 0.0600. The van der Waals surface area contributed by atoms with Gasteiger partial charge in [0.25, 0.3) is 0 Å². The van der Waals surface area contributed by atoms with Gasteiger partial charge in [0.2, 0.25) is 0 Å². The van der Waals surface area contributed by atoms with E-state index in [9.17, 15) is 0 Å². The summed E-state index contributed by atoms with van der Waals surface area (Å²) >= 11 is 11.7. The Balaban J connectivity index is 2.29. The van der Waals surface area contributed by atoms with Crippen molar-refractivity contribution < 1.29 is 4.74 Å². The summed E-state index contributed by atoms with van der Waals surface area (Å²) in [5.41, 5.74) is 1.04. The molecular weight excluding hydrogens is 221 g/mol. The van der Waals surface area contributed by atoms with E-state index in [4.69, 9.17) is 27.9 Å². The summed E-state index contributed by atoms with van der Waals surface area (Å²) in [6.07, 6.45) is 0. The van der Waals surface area contributed by atoms with Crippen LogP contribution in [-0.4, -0.2) is 12.5 Å². The van der Waals surface area contributed by atoms with Gasteiger partial charge in [-0.1, -0.05) is 29.3 Å². The molecule has 0 bridgehead atoms. The molecule has 2 rings (SSSR count). The molecule has 1 aromatic carbocycles. The van der Waals surface area contributed by atoms with Crippen molar-refractivity contribution in [3.8, 4) is 0 Å². The highest BCUT2D eigenvalue weighted by atomic mass is 35.5. The van der Waals surface area contributed by atoms with Crippen molar-refractivity contribution in [2.75, 3.05) is 6.61 Å². The molecule has 0 unspecified atom stereocenters. The smallest absolute Gasteiger partial charge is 0.180 e. The van der Waals surface area contributed by atoms with Gasteiger partial charge in [0.05, 0.1) is 10.0 Å². The zero-order valence-corrected chi connectivity index (χ0v) is 9.14. The Morgan fingerprint density at radius 1 is 1.36 bits per heavy atom. The lowest BCUT2D eigenvalue weighted by Gasteiger charge is -2.06. The molecule has 1 aliphatic rings. The van der Waals surface area contributed by atoms with E-state index in [0.29, 0.717) is 16.7 Å². The molecule has 0 radical (unpaired) electrons. The Morgan fingerprint density at radius 3 is 2.71 bits per heavy atom. The summed E-state index contributed by atoms with van der Waals surface area (Å²) in [6, 6.07) is 5.59. The first-order chi connectivity index (χ1) is 6.66. The lowest BCUT2D eigenvalue weighted by Crippen LogP contribution is -1.97. The van der Waals surface area contributed by atoms with Crippen molar-refractivity contribution >= 4 is 29.1 Å². The first-order valence-electron chi connectivity index (χ1n) is 4.29. The number of halogens is 2. The first-order valence-corrected chi connectivity index (χ1v) is 5.04. The number of benzene rings is 1. The van der Waals surface area contributed by atoms with Crippen LogP contribution in [0, 0.1) is 0 Å². The third-order valence-corrected chi connectivity index (χ3v) is 2.86. The summed E-state index contributed by atoms with van der Waals surface area (Å²) in [7, 11) is 0. The van der Waals surface area contributed by atoms with Crippen LogP contribution in [-0.2, 0) is 4.74 Å². The van der Waals surface area contributed by atoms with Crippen LogP contribution in [0.1, 0.15) is 18.5 Å². The Hall–Kier alpha value is -0.730. The van der Waals surface area contributed by atoms with Gasteiger partial charge in [-0.3, -0.25) is 0 Å². The van der Waals surface area contributed by atoms with Crippen molar-refractivity contribution in [1.82, 2.24) is 0 Å². The monoisotopic (exact) mass is 229 g/mol. The second kappa shape index (κ2) is 3.79. The lowest BCUT2D eigenvalue weighted by atomic mass is 10.1. The number of nitrogens with zero attached hydrogens (tertiary/aromatic N) is 1. The molecule has 0 saturated heterocycles. The van der Waals surface area contributed by atoms with E-state index in [1.807, 2.05) is 19.1 Å². The second-order valence-corrected chi connectivity index (χ2v) is 3.96. The van der Waals surface area contributed by atoms with Gasteiger partial charge in [0.15, 0.2) is 5.90 Å². The molecule has 0 aromatic heterocycles. The third-order valence-electron chi connectivity index (χ3n) is 2.12. The van der Waals surface area contributed by atoms with Gasteiger partial charge in [-0.25, -0.2) is 4.99 Å². The number of aliphatic imine (C=N–C) groups is 1. The largest absolute Gasteiger partial charge is 0.479 e. The molecule has 14 heavy (non-hydrogen) atoms.